The van der Waals surface area contributed by atoms with Crippen molar-refractivity contribution >= 4 is 23.3 Å². The van der Waals surface area contributed by atoms with Crippen LogP contribution < -0.4 is 5.32 Å². The van der Waals surface area contributed by atoms with E-state index in [1.54, 1.807) is 39.0 Å². The molecule has 0 aliphatic rings. The van der Waals surface area contributed by atoms with Crippen molar-refractivity contribution in [3.8, 4) is 0 Å². The number of ether oxygens (including phenoxy) is 1. The number of anilines is 1. The number of nitro groups is 1. The Kier molecular flexibility index (Phi) is 5.49. The lowest BCUT2D eigenvalue weighted by Gasteiger charge is -2.11. The largest absolute Gasteiger partial charge is 0.462 e. The van der Waals surface area contributed by atoms with Crippen LogP contribution in [0.4, 0.5) is 11.4 Å². The summed E-state index contributed by atoms with van der Waals surface area (Å²) in [6, 6.07) is 9.03. The Morgan fingerprint density at radius 1 is 1.08 bits per heavy atom. The third-order valence-corrected chi connectivity index (χ3v) is 3.65. The number of hydrogen-bond donors (Lipinski definition) is 1. The van der Waals surface area contributed by atoms with Gasteiger partial charge >= 0.3 is 5.97 Å². The molecule has 1 amide bonds. The van der Waals surface area contributed by atoms with Gasteiger partial charge in [0.1, 0.15) is 0 Å². The molecule has 0 fully saturated rings. The highest BCUT2D eigenvalue weighted by Crippen LogP contribution is 2.22. The molecule has 0 unspecified atom stereocenters. The van der Waals surface area contributed by atoms with Gasteiger partial charge in [0.05, 0.1) is 17.1 Å². The molecule has 0 saturated carbocycles. The second-order valence-corrected chi connectivity index (χ2v) is 5.46. The fraction of sp³-hybridized carbons (Fsp3) is 0.222. The number of carbonyl (C=O) groups excluding carboxylic acids is 2. The van der Waals surface area contributed by atoms with Crippen LogP contribution >= 0.6 is 0 Å². The van der Waals surface area contributed by atoms with E-state index in [1.807, 2.05) is 0 Å². The Labute approximate surface area is 144 Å². The van der Waals surface area contributed by atoms with Crippen LogP contribution in [-0.2, 0) is 4.74 Å². The predicted molar refractivity (Wildman–Crippen MR) is 92.9 cm³/mol. The van der Waals surface area contributed by atoms with Gasteiger partial charge in [-0.1, -0.05) is 6.07 Å². The molecule has 2 aromatic carbocycles. The standard InChI is InChI=1S/C18H18N2O5/c1-4-25-18(22)14-6-5-11(2)15(10-14)19-17(21)13-7-8-16(20(23)24)12(3)9-13/h5-10H,4H2,1-3H3,(H,19,21). The molecular formula is C18H18N2O5. The van der Waals surface area contributed by atoms with Crippen molar-refractivity contribution in [2.24, 2.45) is 0 Å². The minimum atomic E-state index is -0.496. The minimum Gasteiger partial charge on any atom is -0.462 e. The van der Waals surface area contributed by atoms with Crippen molar-refractivity contribution in [1.29, 1.82) is 0 Å². The zero-order valence-electron chi connectivity index (χ0n) is 14.2. The molecule has 0 aliphatic carbocycles. The van der Waals surface area contributed by atoms with Crippen molar-refractivity contribution in [3.63, 3.8) is 0 Å². The van der Waals surface area contributed by atoms with Gasteiger partial charge in [-0.25, -0.2) is 4.79 Å². The minimum absolute atomic E-state index is 0.0444. The van der Waals surface area contributed by atoms with Crippen LogP contribution in [0.5, 0.6) is 0 Å². The summed E-state index contributed by atoms with van der Waals surface area (Å²) in [4.78, 5) is 34.6. The summed E-state index contributed by atoms with van der Waals surface area (Å²) in [5.74, 6) is -0.883. The van der Waals surface area contributed by atoms with E-state index in [1.165, 1.54) is 18.2 Å². The topological polar surface area (TPSA) is 98.5 Å². The Hall–Kier alpha value is -3.22. The summed E-state index contributed by atoms with van der Waals surface area (Å²) in [6.07, 6.45) is 0. The quantitative estimate of drug-likeness (QED) is 0.508. The fourth-order valence-electron chi connectivity index (χ4n) is 2.29. The smallest absolute Gasteiger partial charge is 0.338 e. The summed E-state index contributed by atoms with van der Waals surface area (Å²) < 4.78 is 4.95. The van der Waals surface area contributed by atoms with Gasteiger partial charge in [0.2, 0.25) is 0 Å². The average Bonchev–Trinajstić information content (AvgIpc) is 2.56. The molecule has 0 aromatic heterocycles. The van der Waals surface area contributed by atoms with E-state index >= 15 is 0 Å². The van der Waals surface area contributed by atoms with Crippen molar-refractivity contribution < 1.29 is 19.2 Å². The van der Waals surface area contributed by atoms with E-state index in [-0.39, 0.29) is 12.3 Å². The van der Waals surface area contributed by atoms with Gasteiger partial charge in [0.15, 0.2) is 0 Å². The Morgan fingerprint density at radius 3 is 2.36 bits per heavy atom. The van der Waals surface area contributed by atoms with E-state index < -0.39 is 16.8 Å². The van der Waals surface area contributed by atoms with Crippen molar-refractivity contribution in [2.45, 2.75) is 20.8 Å². The van der Waals surface area contributed by atoms with Crippen LogP contribution in [0, 0.1) is 24.0 Å². The zero-order chi connectivity index (χ0) is 18.6. The molecule has 0 spiro atoms. The fourth-order valence-corrected chi connectivity index (χ4v) is 2.29. The van der Waals surface area contributed by atoms with Gasteiger partial charge in [0.25, 0.3) is 11.6 Å². The summed E-state index contributed by atoms with van der Waals surface area (Å²) in [5, 5.41) is 13.6. The molecule has 130 valence electrons. The molecule has 0 heterocycles. The molecule has 0 radical (unpaired) electrons. The van der Waals surface area contributed by atoms with Crippen LogP contribution in [0.2, 0.25) is 0 Å². The number of nitrogens with one attached hydrogen (secondary N) is 1. The lowest BCUT2D eigenvalue weighted by atomic mass is 10.1. The number of esters is 1. The summed E-state index contributed by atoms with van der Waals surface area (Å²) >= 11 is 0. The summed E-state index contributed by atoms with van der Waals surface area (Å²) in [7, 11) is 0. The lowest BCUT2D eigenvalue weighted by molar-refractivity contribution is -0.385. The second kappa shape index (κ2) is 7.57. The average molecular weight is 342 g/mol. The number of nitrogens with zero attached hydrogens (tertiary/aromatic N) is 1. The van der Waals surface area contributed by atoms with Crippen molar-refractivity contribution in [2.75, 3.05) is 11.9 Å². The molecule has 25 heavy (non-hydrogen) atoms. The number of benzene rings is 2. The zero-order valence-corrected chi connectivity index (χ0v) is 14.2. The SMILES string of the molecule is CCOC(=O)c1ccc(C)c(NC(=O)c2ccc([N+](=O)[O-])c(C)c2)c1. The molecule has 0 saturated heterocycles. The van der Waals surface area contributed by atoms with Crippen molar-refractivity contribution in [3.05, 3.63) is 68.8 Å². The first-order valence-corrected chi connectivity index (χ1v) is 7.67. The van der Waals surface area contributed by atoms with Gasteiger partial charge in [-0.3, -0.25) is 14.9 Å². The van der Waals surface area contributed by atoms with E-state index in [9.17, 15) is 19.7 Å². The van der Waals surface area contributed by atoms with Gasteiger partial charge in [0, 0.05) is 22.9 Å². The summed E-state index contributed by atoms with van der Waals surface area (Å²) in [6.45, 7) is 5.34. The first kappa shape index (κ1) is 18.1. The highest BCUT2D eigenvalue weighted by molar-refractivity contribution is 6.05. The Balaban J connectivity index is 2.25. The Morgan fingerprint density at radius 2 is 1.76 bits per heavy atom. The first-order valence-electron chi connectivity index (χ1n) is 7.67. The highest BCUT2D eigenvalue weighted by atomic mass is 16.6. The number of aryl methyl sites for hydroxylation is 2. The number of hydrogen-bond acceptors (Lipinski definition) is 5. The molecule has 0 bridgehead atoms. The highest BCUT2D eigenvalue weighted by Gasteiger charge is 2.15. The maximum atomic E-state index is 12.4. The van der Waals surface area contributed by atoms with E-state index in [2.05, 4.69) is 5.32 Å². The molecule has 2 aromatic rings. The van der Waals surface area contributed by atoms with Gasteiger partial charge in [-0.2, -0.15) is 0 Å². The van der Waals surface area contributed by atoms with E-state index in [4.69, 9.17) is 4.74 Å². The van der Waals surface area contributed by atoms with Gasteiger partial charge in [-0.15, -0.1) is 0 Å². The third-order valence-electron chi connectivity index (χ3n) is 3.65. The number of amides is 1. The lowest BCUT2D eigenvalue weighted by Crippen LogP contribution is -2.14. The molecule has 0 aliphatic heterocycles. The first-order chi connectivity index (χ1) is 11.8. The number of rotatable bonds is 5. The summed E-state index contributed by atoms with van der Waals surface area (Å²) in [5.41, 5.74) is 2.24. The number of nitro benzene ring substituents is 1. The molecule has 0 atom stereocenters. The second-order valence-electron chi connectivity index (χ2n) is 5.46. The molecule has 1 N–H and O–H groups in total. The molecular weight excluding hydrogens is 324 g/mol. The number of carbonyl (C=O) groups is 2. The molecule has 7 nitrogen and oxygen atoms in total. The monoisotopic (exact) mass is 342 g/mol. The van der Waals surface area contributed by atoms with Gasteiger partial charge in [-0.05, 0) is 50.6 Å². The third kappa shape index (κ3) is 4.20. The Bertz CT molecular complexity index is 845. The van der Waals surface area contributed by atoms with Crippen LogP contribution in [-0.4, -0.2) is 23.4 Å². The maximum absolute atomic E-state index is 12.4. The maximum Gasteiger partial charge on any atom is 0.338 e. The van der Waals surface area contributed by atoms with E-state index in [0.717, 1.165) is 5.56 Å². The normalized spacial score (nSPS) is 10.2. The van der Waals surface area contributed by atoms with Crippen LogP contribution in [0.25, 0.3) is 0 Å². The van der Waals surface area contributed by atoms with Crippen molar-refractivity contribution in [1.82, 2.24) is 0 Å². The van der Waals surface area contributed by atoms with E-state index in [0.29, 0.717) is 22.4 Å². The van der Waals surface area contributed by atoms with Gasteiger partial charge < -0.3 is 10.1 Å². The van der Waals surface area contributed by atoms with Crippen LogP contribution in [0.15, 0.2) is 36.4 Å². The molecule has 7 heteroatoms. The van der Waals surface area contributed by atoms with Crippen LogP contribution in [0.3, 0.4) is 0 Å². The van der Waals surface area contributed by atoms with Crippen LogP contribution in [0.1, 0.15) is 38.8 Å². The predicted octanol–water partition coefficient (Wildman–Crippen LogP) is 3.64. The molecule has 2 rings (SSSR count).